The van der Waals surface area contributed by atoms with Crippen LogP contribution in [0.5, 0.6) is 5.75 Å². The molecule has 2 aromatic rings. The predicted octanol–water partition coefficient (Wildman–Crippen LogP) is 1.25. The molecule has 1 aromatic heterocycles. The summed E-state index contributed by atoms with van der Waals surface area (Å²) in [7, 11) is 0. The van der Waals surface area contributed by atoms with Crippen molar-refractivity contribution < 1.29 is 4.74 Å². The van der Waals surface area contributed by atoms with Crippen molar-refractivity contribution in [3.8, 4) is 5.75 Å². The van der Waals surface area contributed by atoms with Gasteiger partial charge in [0.15, 0.2) is 5.03 Å². The minimum atomic E-state index is -0.606. The number of hydrogen-bond donors (Lipinski definition) is 2. The highest BCUT2D eigenvalue weighted by Gasteiger charge is 2.03. The highest BCUT2D eigenvalue weighted by molar-refractivity contribution is 7.99. The van der Waals surface area contributed by atoms with E-state index in [1.165, 1.54) is 11.8 Å². The molecule has 2 N–H and O–H groups in total. The third-order valence-electron chi connectivity index (χ3n) is 2.47. The molecular formula is C13H15N3O3S. The summed E-state index contributed by atoms with van der Waals surface area (Å²) in [5, 5.41) is 6.10. The van der Waals surface area contributed by atoms with Crippen molar-refractivity contribution >= 4 is 11.8 Å². The van der Waals surface area contributed by atoms with Gasteiger partial charge in [-0.1, -0.05) is 17.8 Å². The Balaban J connectivity index is 1.87. The van der Waals surface area contributed by atoms with Crippen molar-refractivity contribution in [2.75, 3.05) is 12.4 Å². The first-order chi connectivity index (χ1) is 9.54. The molecule has 0 saturated carbocycles. The Kier molecular flexibility index (Phi) is 4.62. The fourth-order valence-electron chi connectivity index (χ4n) is 1.75. The summed E-state index contributed by atoms with van der Waals surface area (Å²) in [5.74, 6) is 1.38. The van der Waals surface area contributed by atoms with Gasteiger partial charge in [0.05, 0.1) is 6.61 Å². The van der Waals surface area contributed by atoms with E-state index in [1.807, 2.05) is 26.0 Å². The molecule has 1 heterocycles. The lowest BCUT2D eigenvalue weighted by molar-refractivity contribution is 0.343. The number of aromatic nitrogens is 3. The van der Waals surface area contributed by atoms with Gasteiger partial charge in [0.1, 0.15) is 5.75 Å². The number of rotatable bonds is 5. The van der Waals surface area contributed by atoms with Crippen LogP contribution in [-0.2, 0) is 0 Å². The van der Waals surface area contributed by atoms with Gasteiger partial charge in [-0.05, 0) is 37.1 Å². The smallest absolute Gasteiger partial charge is 0.342 e. The van der Waals surface area contributed by atoms with Gasteiger partial charge in [-0.25, -0.2) is 9.89 Å². The van der Waals surface area contributed by atoms with E-state index in [4.69, 9.17) is 4.74 Å². The summed E-state index contributed by atoms with van der Waals surface area (Å²) in [4.78, 5) is 24.3. The largest absolute Gasteiger partial charge is 0.493 e. The summed E-state index contributed by atoms with van der Waals surface area (Å²) in [6.07, 6.45) is 0. The topological polar surface area (TPSA) is 87.8 Å². The summed E-state index contributed by atoms with van der Waals surface area (Å²) in [6, 6.07) is 6.00. The molecule has 6 nitrogen and oxygen atoms in total. The summed E-state index contributed by atoms with van der Waals surface area (Å²) < 4.78 is 5.62. The number of thioether (sulfide) groups is 1. The van der Waals surface area contributed by atoms with Gasteiger partial charge >= 0.3 is 5.69 Å². The molecule has 0 aliphatic rings. The van der Waals surface area contributed by atoms with Gasteiger partial charge in [0.25, 0.3) is 5.56 Å². The van der Waals surface area contributed by atoms with Gasteiger partial charge in [-0.3, -0.25) is 9.78 Å². The number of aryl methyl sites for hydroxylation is 2. The molecule has 0 spiro atoms. The van der Waals surface area contributed by atoms with E-state index in [0.717, 1.165) is 16.9 Å². The van der Waals surface area contributed by atoms with E-state index in [0.29, 0.717) is 12.4 Å². The zero-order valence-electron chi connectivity index (χ0n) is 11.2. The lowest BCUT2D eigenvalue weighted by Crippen LogP contribution is -2.25. The molecular weight excluding hydrogens is 278 g/mol. The third-order valence-corrected chi connectivity index (χ3v) is 3.39. The van der Waals surface area contributed by atoms with Crippen molar-refractivity contribution in [3.63, 3.8) is 0 Å². The molecule has 0 bridgehead atoms. The first-order valence-electron chi connectivity index (χ1n) is 6.07. The van der Waals surface area contributed by atoms with Gasteiger partial charge in [-0.2, -0.15) is 5.10 Å². The van der Waals surface area contributed by atoms with Crippen LogP contribution in [0.1, 0.15) is 11.1 Å². The zero-order chi connectivity index (χ0) is 14.5. The summed E-state index contributed by atoms with van der Waals surface area (Å²) in [5.41, 5.74) is 1.20. The Morgan fingerprint density at radius 3 is 2.55 bits per heavy atom. The van der Waals surface area contributed by atoms with Crippen LogP contribution in [0.2, 0.25) is 0 Å². The lowest BCUT2D eigenvalue weighted by atomic mass is 10.1. The van der Waals surface area contributed by atoms with Crippen LogP contribution in [-0.4, -0.2) is 27.5 Å². The average Bonchev–Trinajstić information content (AvgIpc) is 2.35. The molecule has 1 aromatic carbocycles. The first kappa shape index (κ1) is 14.4. The number of aromatic amines is 2. The average molecular weight is 293 g/mol. The van der Waals surface area contributed by atoms with Gasteiger partial charge in [0, 0.05) is 5.75 Å². The van der Waals surface area contributed by atoms with E-state index in [2.05, 4.69) is 21.2 Å². The number of hydrogen-bond acceptors (Lipinski definition) is 5. The second kappa shape index (κ2) is 6.42. The van der Waals surface area contributed by atoms with Gasteiger partial charge in [0.2, 0.25) is 0 Å². The van der Waals surface area contributed by atoms with Crippen molar-refractivity contribution in [2.24, 2.45) is 0 Å². The fourth-order valence-corrected chi connectivity index (χ4v) is 2.40. The van der Waals surface area contributed by atoms with E-state index in [1.54, 1.807) is 0 Å². The maximum absolute atomic E-state index is 11.4. The van der Waals surface area contributed by atoms with Crippen LogP contribution in [0.25, 0.3) is 0 Å². The van der Waals surface area contributed by atoms with E-state index in [9.17, 15) is 9.59 Å². The Labute approximate surface area is 119 Å². The second-order valence-corrected chi connectivity index (χ2v) is 5.42. The predicted molar refractivity (Wildman–Crippen MR) is 77.6 cm³/mol. The number of H-pyrrole nitrogens is 2. The Hall–Kier alpha value is -2.02. The van der Waals surface area contributed by atoms with Crippen LogP contribution in [0.4, 0.5) is 0 Å². The Bertz CT molecular complexity index is 688. The monoisotopic (exact) mass is 293 g/mol. The molecule has 20 heavy (non-hydrogen) atoms. The highest BCUT2D eigenvalue weighted by atomic mass is 32.2. The second-order valence-electron chi connectivity index (χ2n) is 4.33. The summed E-state index contributed by atoms with van der Waals surface area (Å²) >= 11 is 1.23. The molecule has 2 rings (SSSR count). The Morgan fingerprint density at radius 1 is 1.20 bits per heavy atom. The number of benzene rings is 1. The minimum Gasteiger partial charge on any atom is -0.493 e. The van der Waals surface area contributed by atoms with Crippen molar-refractivity contribution in [1.29, 1.82) is 0 Å². The van der Waals surface area contributed by atoms with Gasteiger partial charge in [-0.15, -0.1) is 0 Å². The molecule has 0 saturated heterocycles. The van der Waals surface area contributed by atoms with Crippen molar-refractivity contribution in [1.82, 2.24) is 15.2 Å². The Morgan fingerprint density at radius 2 is 1.90 bits per heavy atom. The standard InChI is InChI=1S/C13H15N3O3S/c1-8-5-9(2)7-10(6-8)19-3-4-20-12-11(17)14-13(18)16-15-12/h5-7H,3-4H2,1-2H3,(H2,14,16,17,18). The molecule has 0 fully saturated rings. The van der Waals surface area contributed by atoms with E-state index in [-0.39, 0.29) is 5.03 Å². The van der Waals surface area contributed by atoms with Gasteiger partial charge < -0.3 is 4.74 Å². The molecule has 7 heteroatoms. The lowest BCUT2D eigenvalue weighted by Gasteiger charge is -2.07. The fraction of sp³-hybridized carbons (Fsp3) is 0.308. The van der Waals surface area contributed by atoms with Crippen LogP contribution in [0.15, 0.2) is 32.8 Å². The molecule has 0 atom stereocenters. The van der Waals surface area contributed by atoms with Crippen LogP contribution in [0.3, 0.4) is 0 Å². The quantitative estimate of drug-likeness (QED) is 0.640. The molecule has 106 valence electrons. The number of nitrogens with zero attached hydrogens (tertiary/aromatic N) is 1. The molecule has 0 aliphatic carbocycles. The number of nitrogens with one attached hydrogen (secondary N) is 2. The molecule has 0 unspecified atom stereocenters. The highest BCUT2D eigenvalue weighted by Crippen LogP contribution is 2.17. The van der Waals surface area contributed by atoms with E-state index < -0.39 is 11.2 Å². The van der Waals surface area contributed by atoms with Crippen LogP contribution < -0.4 is 16.0 Å². The third kappa shape index (κ3) is 3.99. The normalized spacial score (nSPS) is 10.5. The molecule has 0 amide bonds. The first-order valence-corrected chi connectivity index (χ1v) is 7.06. The van der Waals surface area contributed by atoms with E-state index >= 15 is 0 Å². The van der Waals surface area contributed by atoms with Crippen LogP contribution >= 0.6 is 11.8 Å². The van der Waals surface area contributed by atoms with Crippen LogP contribution in [0, 0.1) is 13.8 Å². The molecule has 0 aliphatic heterocycles. The maximum atomic E-state index is 11.4. The minimum absolute atomic E-state index is 0.230. The van der Waals surface area contributed by atoms with Crippen molar-refractivity contribution in [2.45, 2.75) is 18.9 Å². The maximum Gasteiger partial charge on any atom is 0.342 e. The SMILES string of the molecule is Cc1cc(C)cc(OCCSc2n[nH]c(=O)[nH]c2=O)c1. The summed E-state index contributed by atoms with van der Waals surface area (Å²) in [6.45, 7) is 4.48. The zero-order valence-corrected chi connectivity index (χ0v) is 12.0. The number of ether oxygens (including phenoxy) is 1. The molecule has 0 radical (unpaired) electrons. The van der Waals surface area contributed by atoms with Crippen molar-refractivity contribution in [3.05, 3.63) is 50.2 Å².